The number of hydrogen-bond acceptors (Lipinski definition) is 6. The summed E-state index contributed by atoms with van der Waals surface area (Å²) >= 11 is 1.39. The van der Waals surface area contributed by atoms with Gasteiger partial charge < -0.3 is 9.72 Å². The lowest BCUT2D eigenvalue weighted by Crippen LogP contribution is -2.22. The molecule has 0 atom stereocenters. The maximum Gasteiger partial charge on any atom is 0.308 e. The number of para-hydroxylation sites is 1. The number of ether oxygens (including phenoxy) is 1. The second-order valence-electron chi connectivity index (χ2n) is 7.50. The molecular formula is C25H19N3O4S. The van der Waals surface area contributed by atoms with Gasteiger partial charge in [-0.1, -0.05) is 48.5 Å². The van der Waals surface area contributed by atoms with Gasteiger partial charge in [-0.05, 0) is 23.1 Å². The molecule has 0 unspecified atom stereocenters. The Bertz CT molecular complexity index is 1530. The van der Waals surface area contributed by atoms with Gasteiger partial charge in [-0.25, -0.2) is 4.98 Å². The number of ketones is 1. The molecule has 1 N–H and O–H groups in total. The molecule has 0 amide bonds. The number of aromatic amines is 1. The first-order valence-electron chi connectivity index (χ1n) is 10.4. The number of fused-ring (bicyclic) bond motifs is 2. The fourth-order valence-electron chi connectivity index (χ4n) is 3.81. The van der Waals surface area contributed by atoms with E-state index in [1.807, 2.05) is 54.6 Å². The average molecular weight is 458 g/mol. The quantitative estimate of drug-likeness (QED) is 0.288. The van der Waals surface area contributed by atoms with Crippen LogP contribution in [0.4, 0.5) is 0 Å². The van der Waals surface area contributed by atoms with Gasteiger partial charge in [0.15, 0.2) is 6.61 Å². The maximum atomic E-state index is 13.1. The van der Waals surface area contributed by atoms with E-state index < -0.39 is 5.97 Å². The number of Topliss-reactive ketones (excluding diaryl/α,β-unsaturated/α-hetero) is 1. The van der Waals surface area contributed by atoms with Crippen molar-refractivity contribution in [1.29, 1.82) is 0 Å². The molecule has 0 aliphatic carbocycles. The molecule has 0 saturated heterocycles. The summed E-state index contributed by atoms with van der Waals surface area (Å²) in [7, 11) is 0. The predicted molar refractivity (Wildman–Crippen MR) is 128 cm³/mol. The molecule has 0 radical (unpaired) electrons. The number of aryl methyl sites for hydroxylation is 1. The number of benzene rings is 2. The van der Waals surface area contributed by atoms with Crippen LogP contribution in [-0.4, -0.2) is 32.9 Å². The number of thiophene rings is 1. The summed E-state index contributed by atoms with van der Waals surface area (Å²) in [5, 5.41) is 3.11. The summed E-state index contributed by atoms with van der Waals surface area (Å²) < 4.78 is 6.65. The summed E-state index contributed by atoms with van der Waals surface area (Å²) in [4.78, 5) is 46.1. The molecule has 3 heterocycles. The zero-order chi connectivity index (χ0) is 22.8. The zero-order valence-corrected chi connectivity index (χ0v) is 18.3. The third-order valence-corrected chi connectivity index (χ3v) is 6.24. The Morgan fingerprint density at radius 1 is 1.00 bits per heavy atom. The van der Waals surface area contributed by atoms with Crippen LogP contribution in [0.3, 0.4) is 0 Å². The number of rotatable bonds is 7. The van der Waals surface area contributed by atoms with Crippen LogP contribution < -0.4 is 5.56 Å². The highest BCUT2D eigenvalue weighted by atomic mass is 32.1. The number of esters is 1. The van der Waals surface area contributed by atoms with Crippen molar-refractivity contribution in [3.8, 4) is 11.3 Å². The summed E-state index contributed by atoms with van der Waals surface area (Å²) in [6, 6.07) is 18.8. The van der Waals surface area contributed by atoms with Crippen LogP contribution in [0.15, 0.2) is 77.2 Å². The van der Waals surface area contributed by atoms with Crippen molar-refractivity contribution in [3.63, 3.8) is 0 Å². The lowest BCUT2D eigenvalue weighted by atomic mass is 10.0. The number of H-pyrrole nitrogens is 1. The summed E-state index contributed by atoms with van der Waals surface area (Å²) in [6.45, 7) is -0.246. The Balaban J connectivity index is 1.30. The van der Waals surface area contributed by atoms with Crippen LogP contribution in [0, 0.1) is 0 Å². The molecule has 7 nitrogen and oxygen atoms in total. The highest BCUT2D eigenvalue weighted by molar-refractivity contribution is 7.16. The lowest BCUT2D eigenvalue weighted by Gasteiger charge is -2.08. The van der Waals surface area contributed by atoms with Crippen molar-refractivity contribution >= 4 is 44.2 Å². The first-order chi connectivity index (χ1) is 16.1. The summed E-state index contributed by atoms with van der Waals surface area (Å²) in [5.74, 6) is -0.847. The van der Waals surface area contributed by atoms with E-state index >= 15 is 0 Å². The fraction of sp³-hybridized carbons (Fsp3) is 0.120. The molecule has 0 aliphatic rings. The second-order valence-corrected chi connectivity index (χ2v) is 8.40. The first kappa shape index (κ1) is 20.8. The van der Waals surface area contributed by atoms with E-state index in [1.165, 1.54) is 22.2 Å². The first-order valence-corrected chi connectivity index (χ1v) is 11.3. The smallest absolute Gasteiger partial charge is 0.308 e. The van der Waals surface area contributed by atoms with Crippen molar-refractivity contribution in [2.45, 2.75) is 13.0 Å². The van der Waals surface area contributed by atoms with E-state index in [-0.39, 0.29) is 30.9 Å². The highest BCUT2D eigenvalue weighted by Gasteiger charge is 2.20. The maximum absolute atomic E-state index is 13.1. The topological polar surface area (TPSA) is 94.0 Å². The van der Waals surface area contributed by atoms with Crippen LogP contribution in [0.5, 0.6) is 0 Å². The molecule has 8 heteroatoms. The number of nitrogens with one attached hydrogen (secondary N) is 1. The highest BCUT2D eigenvalue weighted by Crippen LogP contribution is 2.30. The molecule has 3 aromatic heterocycles. The predicted octanol–water partition coefficient (Wildman–Crippen LogP) is 4.42. The number of carbonyl (C=O) groups is 2. The van der Waals surface area contributed by atoms with E-state index in [1.54, 1.807) is 11.4 Å². The molecule has 0 bridgehead atoms. The molecule has 0 aliphatic heterocycles. The van der Waals surface area contributed by atoms with Crippen LogP contribution >= 0.6 is 11.3 Å². The lowest BCUT2D eigenvalue weighted by molar-refractivity contribution is -0.142. The largest absolute Gasteiger partial charge is 0.457 e. The van der Waals surface area contributed by atoms with Gasteiger partial charge in [0.1, 0.15) is 4.83 Å². The molecule has 164 valence electrons. The average Bonchev–Trinajstić information content (AvgIpc) is 3.48. The van der Waals surface area contributed by atoms with E-state index in [0.717, 1.165) is 16.5 Å². The Labute approximate surface area is 192 Å². The van der Waals surface area contributed by atoms with Crippen LogP contribution in [0.1, 0.15) is 16.8 Å². The number of hydrogen-bond donors (Lipinski definition) is 1. The van der Waals surface area contributed by atoms with Gasteiger partial charge in [0.05, 0.1) is 29.4 Å². The van der Waals surface area contributed by atoms with Gasteiger partial charge in [-0.15, -0.1) is 11.3 Å². The SMILES string of the molecule is O=C(CCn1cnc2sccc2c1=O)OCC(=O)c1c(-c2ccccc2)[nH]c2ccccc12. The van der Waals surface area contributed by atoms with Crippen molar-refractivity contribution in [1.82, 2.24) is 14.5 Å². The van der Waals surface area contributed by atoms with Gasteiger partial charge >= 0.3 is 5.97 Å². The third-order valence-electron chi connectivity index (χ3n) is 5.42. The standard InChI is InChI=1S/C25H19N3O4S/c29-20(14-32-21(30)10-12-28-15-26-24-18(25(28)31)11-13-33-24)22-17-8-4-5-9-19(17)27-23(22)16-6-2-1-3-7-16/h1-9,11,13,15,27H,10,12,14H2. The minimum atomic E-state index is -0.554. The Morgan fingerprint density at radius 3 is 2.64 bits per heavy atom. The molecule has 5 aromatic rings. The van der Waals surface area contributed by atoms with Crippen LogP contribution in [0.2, 0.25) is 0 Å². The van der Waals surface area contributed by atoms with Gasteiger partial charge in [0.25, 0.3) is 5.56 Å². The van der Waals surface area contributed by atoms with Gasteiger partial charge in [0, 0.05) is 17.4 Å². The van der Waals surface area contributed by atoms with Crippen molar-refractivity contribution in [3.05, 3.63) is 88.3 Å². The molecular weight excluding hydrogens is 438 g/mol. The summed E-state index contributed by atoms with van der Waals surface area (Å²) in [6.07, 6.45) is 1.39. The van der Waals surface area contributed by atoms with Crippen LogP contribution in [0.25, 0.3) is 32.4 Å². The Kier molecular flexibility index (Phi) is 5.58. The van der Waals surface area contributed by atoms with Crippen molar-refractivity contribution in [2.24, 2.45) is 0 Å². The summed E-state index contributed by atoms with van der Waals surface area (Å²) in [5.41, 5.74) is 2.70. The second kappa shape index (κ2) is 8.84. The van der Waals surface area contributed by atoms with E-state index in [9.17, 15) is 14.4 Å². The normalized spacial score (nSPS) is 11.2. The Hall–Kier alpha value is -4.04. The molecule has 5 rings (SSSR count). The fourth-order valence-corrected chi connectivity index (χ4v) is 4.53. The van der Waals surface area contributed by atoms with Crippen molar-refractivity contribution < 1.29 is 14.3 Å². The van der Waals surface area contributed by atoms with E-state index in [0.29, 0.717) is 21.5 Å². The Morgan fingerprint density at radius 2 is 1.79 bits per heavy atom. The number of carbonyl (C=O) groups excluding carboxylic acids is 2. The van der Waals surface area contributed by atoms with E-state index in [2.05, 4.69) is 9.97 Å². The molecule has 0 fully saturated rings. The monoisotopic (exact) mass is 457 g/mol. The minimum Gasteiger partial charge on any atom is -0.457 e. The number of nitrogens with zero attached hydrogens (tertiary/aromatic N) is 2. The van der Waals surface area contributed by atoms with E-state index in [4.69, 9.17) is 4.74 Å². The van der Waals surface area contributed by atoms with Crippen LogP contribution in [-0.2, 0) is 16.1 Å². The molecule has 33 heavy (non-hydrogen) atoms. The van der Waals surface area contributed by atoms with Gasteiger partial charge in [0.2, 0.25) is 5.78 Å². The zero-order valence-electron chi connectivity index (χ0n) is 17.5. The minimum absolute atomic E-state index is 0.0378. The van der Waals surface area contributed by atoms with Gasteiger partial charge in [-0.2, -0.15) is 0 Å². The molecule has 0 saturated carbocycles. The van der Waals surface area contributed by atoms with Crippen molar-refractivity contribution in [2.75, 3.05) is 6.61 Å². The third kappa shape index (κ3) is 4.08. The number of aromatic nitrogens is 3. The molecule has 2 aromatic carbocycles. The van der Waals surface area contributed by atoms with Gasteiger partial charge in [-0.3, -0.25) is 19.0 Å². The molecule has 0 spiro atoms.